The molecular weight excluding hydrogens is 360 g/mol. The lowest BCUT2D eigenvalue weighted by molar-refractivity contribution is -0.142. The topological polar surface area (TPSA) is 79.3 Å². The zero-order chi connectivity index (χ0) is 20.1. The van der Waals surface area contributed by atoms with Crippen LogP contribution < -0.4 is 4.74 Å². The summed E-state index contributed by atoms with van der Waals surface area (Å²) < 4.78 is 11.0. The minimum Gasteiger partial charge on any atom is -0.497 e. The van der Waals surface area contributed by atoms with Crippen LogP contribution in [0.1, 0.15) is 5.56 Å². The average Bonchev–Trinajstić information content (AvgIpc) is 2.67. The van der Waals surface area contributed by atoms with Crippen LogP contribution in [0.5, 0.6) is 5.75 Å². The SMILES string of the molecule is COc1ccc2cccc(CC(=O)N3CCOC(CN(C)CC(=O)O)C3)c2c1. The number of carboxylic acids is 1. The molecule has 0 spiro atoms. The van der Waals surface area contributed by atoms with Gasteiger partial charge in [0.15, 0.2) is 0 Å². The maximum absolute atomic E-state index is 12.9. The molecule has 1 aliphatic heterocycles. The number of carboxylic acid groups (broad SMARTS) is 1. The molecule has 1 aliphatic rings. The smallest absolute Gasteiger partial charge is 0.317 e. The molecule has 7 heteroatoms. The summed E-state index contributed by atoms with van der Waals surface area (Å²) in [5.74, 6) is -0.0672. The summed E-state index contributed by atoms with van der Waals surface area (Å²) in [5, 5.41) is 11.0. The monoisotopic (exact) mass is 386 g/mol. The van der Waals surface area contributed by atoms with Crippen LogP contribution in [0, 0.1) is 0 Å². The van der Waals surface area contributed by atoms with Crippen molar-refractivity contribution in [1.29, 1.82) is 0 Å². The number of amides is 1. The lowest BCUT2D eigenvalue weighted by Gasteiger charge is -2.34. The predicted molar refractivity (Wildman–Crippen MR) is 106 cm³/mol. The van der Waals surface area contributed by atoms with Crippen molar-refractivity contribution in [3.05, 3.63) is 42.0 Å². The largest absolute Gasteiger partial charge is 0.497 e. The van der Waals surface area contributed by atoms with E-state index in [1.807, 2.05) is 41.3 Å². The van der Waals surface area contributed by atoms with Gasteiger partial charge in [-0.15, -0.1) is 0 Å². The molecule has 28 heavy (non-hydrogen) atoms. The second-order valence-electron chi connectivity index (χ2n) is 7.10. The number of methoxy groups -OCH3 is 1. The van der Waals surface area contributed by atoms with E-state index in [1.165, 1.54) is 0 Å². The van der Waals surface area contributed by atoms with Crippen molar-refractivity contribution in [1.82, 2.24) is 9.80 Å². The summed E-state index contributed by atoms with van der Waals surface area (Å²) in [6.45, 7) is 1.90. The zero-order valence-corrected chi connectivity index (χ0v) is 16.3. The van der Waals surface area contributed by atoms with Crippen LogP contribution in [0.4, 0.5) is 0 Å². The number of rotatable bonds is 7. The molecule has 1 heterocycles. The Labute approximate surface area is 164 Å². The highest BCUT2D eigenvalue weighted by Crippen LogP contribution is 2.25. The highest BCUT2D eigenvalue weighted by molar-refractivity contribution is 5.91. The number of likely N-dealkylation sites (N-methyl/N-ethyl adjacent to an activating group) is 1. The molecule has 1 amide bonds. The van der Waals surface area contributed by atoms with Crippen molar-refractivity contribution >= 4 is 22.6 Å². The quantitative estimate of drug-likeness (QED) is 0.779. The standard InChI is InChI=1S/C21H26N2O5/c1-22(14-21(25)26)12-18-13-23(8-9-28-18)20(24)10-16-5-3-4-15-6-7-17(27-2)11-19(15)16/h3-7,11,18H,8-10,12-14H2,1-2H3,(H,25,26). The Morgan fingerprint density at radius 3 is 2.89 bits per heavy atom. The number of hydrogen-bond donors (Lipinski definition) is 1. The van der Waals surface area contributed by atoms with Gasteiger partial charge >= 0.3 is 5.97 Å². The Hall–Kier alpha value is -2.64. The van der Waals surface area contributed by atoms with E-state index < -0.39 is 5.97 Å². The van der Waals surface area contributed by atoms with Gasteiger partial charge in [0.25, 0.3) is 0 Å². The molecule has 7 nitrogen and oxygen atoms in total. The van der Waals surface area contributed by atoms with Crippen LogP contribution in [0.15, 0.2) is 36.4 Å². The van der Waals surface area contributed by atoms with Crippen LogP contribution in [-0.4, -0.2) is 79.8 Å². The van der Waals surface area contributed by atoms with E-state index >= 15 is 0 Å². The van der Waals surface area contributed by atoms with Gasteiger partial charge in [0.05, 0.1) is 32.8 Å². The van der Waals surface area contributed by atoms with Gasteiger partial charge in [-0.25, -0.2) is 0 Å². The molecule has 0 aliphatic carbocycles. The number of nitrogens with zero attached hydrogens (tertiary/aromatic N) is 2. The summed E-state index contributed by atoms with van der Waals surface area (Å²) in [7, 11) is 3.37. The minimum absolute atomic E-state index is 0.0458. The van der Waals surface area contributed by atoms with Crippen LogP contribution in [0.25, 0.3) is 10.8 Å². The first-order chi connectivity index (χ1) is 13.5. The number of carbonyl (C=O) groups is 2. The third-order valence-corrected chi connectivity index (χ3v) is 4.93. The second kappa shape index (κ2) is 9.03. The molecule has 2 aromatic rings. The van der Waals surface area contributed by atoms with Gasteiger partial charge < -0.3 is 19.5 Å². The normalized spacial score (nSPS) is 17.1. The third kappa shape index (κ3) is 4.99. The number of benzene rings is 2. The lowest BCUT2D eigenvalue weighted by Crippen LogP contribution is -2.50. The van der Waals surface area contributed by atoms with Crippen LogP contribution in [0.3, 0.4) is 0 Å². The van der Waals surface area contributed by atoms with Crippen molar-refractivity contribution in [2.45, 2.75) is 12.5 Å². The van der Waals surface area contributed by atoms with E-state index in [0.29, 0.717) is 32.7 Å². The first kappa shape index (κ1) is 20.1. The Kier molecular flexibility index (Phi) is 6.49. The van der Waals surface area contributed by atoms with Gasteiger partial charge in [0.2, 0.25) is 5.91 Å². The number of morpholine rings is 1. The summed E-state index contributed by atoms with van der Waals surface area (Å²) >= 11 is 0. The van der Waals surface area contributed by atoms with Gasteiger partial charge in [0, 0.05) is 19.6 Å². The molecule has 0 aromatic heterocycles. The number of fused-ring (bicyclic) bond motifs is 1. The van der Waals surface area contributed by atoms with E-state index in [4.69, 9.17) is 14.6 Å². The second-order valence-corrected chi connectivity index (χ2v) is 7.10. The number of ether oxygens (including phenoxy) is 2. The third-order valence-electron chi connectivity index (χ3n) is 4.93. The maximum Gasteiger partial charge on any atom is 0.317 e. The highest BCUT2D eigenvalue weighted by Gasteiger charge is 2.25. The molecule has 1 unspecified atom stereocenters. The number of carbonyl (C=O) groups excluding carboxylic acids is 1. The summed E-state index contributed by atoms with van der Waals surface area (Å²) in [4.78, 5) is 27.2. The molecule has 0 radical (unpaired) electrons. The van der Waals surface area contributed by atoms with Crippen LogP contribution in [0.2, 0.25) is 0 Å². The van der Waals surface area contributed by atoms with E-state index in [-0.39, 0.29) is 18.6 Å². The van der Waals surface area contributed by atoms with E-state index in [0.717, 1.165) is 22.1 Å². The summed E-state index contributed by atoms with van der Waals surface area (Å²) in [6, 6.07) is 11.8. The van der Waals surface area contributed by atoms with Gasteiger partial charge in [0.1, 0.15) is 5.75 Å². The fraction of sp³-hybridized carbons (Fsp3) is 0.429. The molecule has 0 saturated carbocycles. The predicted octanol–water partition coefficient (Wildman–Crippen LogP) is 1.63. The first-order valence-electron chi connectivity index (χ1n) is 9.31. The van der Waals surface area contributed by atoms with Gasteiger partial charge in [-0.1, -0.05) is 24.3 Å². The number of aliphatic carboxylic acids is 1. The molecule has 1 saturated heterocycles. The summed E-state index contributed by atoms with van der Waals surface area (Å²) in [6.07, 6.45) is 0.122. The fourth-order valence-electron chi connectivity index (χ4n) is 3.57. The van der Waals surface area contributed by atoms with Crippen LogP contribution in [-0.2, 0) is 20.7 Å². The molecule has 1 atom stereocenters. The molecule has 150 valence electrons. The molecule has 1 N–H and O–H groups in total. The van der Waals surface area contributed by atoms with Crippen molar-refractivity contribution in [2.24, 2.45) is 0 Å². The Balaban J connectivity index is 1.67. The highest BCUT2D eigenvalue weighted by atomic mass is 16.5. The summed E-state index contributed by atoms with van der Waals surface area (Å²) in [5.41, 5.74) is 0.965. The first-order valence-corrected chi connectivity index (χ1v) is 9.31. The van der Waals surface area contributed by atoms with Crippen molar-refractivity contribution < 1.29 is 24.2 Å². The van der Waals surface area contributed by atoms with Crippen LogP contribution >= 0.6 is 0 Å². The van der Waals surface area contributed by atoms with Crippen molar-refractivity contribution in [3.8, 4) is 5.75 Å². The minimum atomic E-state index is -0.877. The maximum atomic E-state index is 12.9. The van der Waals surface area contributed by atoms with Gasteiger partial charge in [-0.3, -0.25) is 14.5 Å². The Morgan fingerprint density at radius 2 is 2.14 bits per heavy atom. The van der Waals surface area contributed by atoms with E-state index in [9.17, 15) is 9.59 Å². The molecular formula is C21H26N2O5. The van der Waals surface area contributed by atoms with Crippen molar-refractivity contribution in [2.75, 3.05) is 46.9 Å². The van der Waals surface area contributed by atoms with E-state index in [1.54, 1.807) is 19.1 Å². The fourth-order valence-corrected chi connectivity index (χ4v) is 3.57. The zero-order valence-electron chi connectivity index (χ0n) is 16.3. The van der Waals surface area contributed by atoms with Gasteiger partial charge in [-0.2, -0.15) is 0 Å². The Bertz CT molecular complexity index is 854. The molecule has 2 aromatic carbocycles. The van der Waals surface area contributed by atoms with Crippen molar-refractivity contribution in [3.63, 3.8) is 0 Å². The Morgan fingerprint density at radius 1 is 1.32 bits per heavy atom. The molecule has 1 fully saturated rings. The average molecular weight is 386 g/mol. The van der Waals surface area contributed by atoms with Gasteiger partial charge in [-0.05, 0) is 35.5 Å². The van der Waals surface area contributed by atoms with E-state index in [2.05, 4.69) is 0 Å². The molecule has 0 bridgehead atoms. The molecule has 3 rings (SSSR count). The lowest BCUT2D eigenvalue weighted by atomic mass is 10.0. The number of hydrogen-bond acceptors (Lipinski definition) is 5.